The zero-order chi connectivity index (χ0) is 19.1. The van der Waals surface area contributed by atoms with Crippen LogP contribution in [0.15, 0.2) is 30.3 Å². The van der Waals surface area contributed by atoms with Crippen LogP contribution >= 0.6 is 0 Å². The van der Waals surface area contributed by atoms with Crippen molar-refractivity contribution >= 4 is 17.8 Å². The summed E-state index contributed by atoms with van der Waals surface area (Å²) >= 11 is 0. The molecule has 7 nitrogen and oxygen atoms in total. The molecule has 0 radical (unpaired) electrons. The van der Waals surface area contributed by atoms with Crippen LogP contribution in [0, 0.1) is 11.8 Å². The molecule has 0 aromatic heterocycles. The van der Waals surface area contributed by atoms with Gasteiger partial charge < -0.3 is 20.1 Å². The SMILES string of the molecule is CC(C)[C@@H](NC(=O)C1CCN(C(=O)COc2ccccc2)CC1)C(=O)O. The van der Waals surface area contributed by atoms with E-state index < -0.39 is 12.0 Å². The summed E-state index contributed by atoms with van der Waals surface area (Å²) in [5.41, 5.74) is 0. The average Bonchev–Trinajstić information content (AvgIpc) is 2.64. The first kappa shape index (κ1) is 19.8. The maximum Gasteiger partial charge on any atom is 0.326 e. The first-order valence-corrected chi connectivity index (χ1v) is 8.87. The number of benzene rings is 1. The number of amides is 2. The number of nitrogens with zero attached hydrogens (tertiary/aromatic N) is 1. The average molecular weight is 362 g/mol. The van der Waals surface area contributed by atoms with Gasteiger partial charge in [0, 0.05) is 19.0 Å². The zero-order valence-corrected chi connectivity index (χ0v) is 15.2. The zero-order valence-electron chi connectivity index (χ0n) is 15.2. The lowest BCUT2D eigenvalue weighted by atomic mass is 9.94. The molecule has 0 unspecified atom stereocenters. The standard InChI is InChI=1S/C19H26N2O5/c1-13(2)17(19(24)25)20-18(23)14-8-10-21(11-9-14)16(22)12-26-15-6-4-3-5-7-15/h3-7,13-14,17H,8-12H2,1-2H3,(H,20,23)(H,24,25)/t17-/m1/s1. The van der Waals surface area contributed by atoms with Crippen molar-refractivity contribution in [1.29, 1.82) is 0 Å². The number of carboxylic acid groups (broad SMARTS) is 1. The fourth-order valence-corrected chi connectivity index (χ4v) is 2.93. The van der Waals surface area contributed by atoms with Crippen LogP contribution in [-0.2, 0) is 14.4 Å². The summed E-state index contributed by atoms with van der Waals surface area (Å²) < 4.78 is 5.46. The van der Waals surface area contributed by atoms with Crippen LogP contribution < -0.4 is 10.1 Å². The lowest BCUT2D eigenvalue weighted by molar-refractivity contribution is -0.144. The van der Waals surface area contributed by atoms with Gasteiger partial charge in [0.25, 0.3) is 5.91 Å². The van der Waals surface area contributed by atoms with E-state index in [1.165, 1.54) is 0 Å². The van der Waals surface area contributed by atoms with Gasteiger partial charge in [-0.1, -0.05) is 32.0 Å². The minimum Gasteiger partial charge on any atom is -0.484 e. The molecule has 2 rings (SSSR count). The smallest absolute Gasteiger partial charge is 0.326 e. The number of carbonyl (C=O) groups excluding carboxylic acids is 2. The van der Waals surface area contributed by atoms with Crippen molar-refractivity contribution in [2.75, 3.05) is 19.7 Å². The lowest BCUT2D eigenvalue weighted by Gasteiger charge is -2.32. The van der Waals surface area contributed by atoms with E-state index in [0.29, 0.717) is 31.7 Å². The summed E-state index contributed by atoms with van der Waals surface area (Å²) in [5.74, 6) is -1.21. The summed E-state index contributed by atoms with van der Waals surface area (Å²) in [5, 5.41) is 11.8. The Morgan fingerprint density at radius 2 is 1.81 bits per heavy atom. The summed E-state index contributed by atoms with van der Waals surface area (Å²) in [6.45, 7) is 4.42. The van der Waals surface area contributed by atoms with Crippen LogP contribution in [0.3, 0.4) is 0 Å². The molecule has 7 heteroatoms. The van der Waals surface area contributed by atoms with Crippen LogP contribution in [-0.4, -0.2) is 53.5 Å². The molecule has 0 aliphatic carbocycles. The Bertz CT molecular complexity index is 624. The topological polar surface area (TPSA) is 95.9 Å². The summed E-state index contributed by atoms with van der Waals surface area (Å²) in [7, 11) is 0. The van der Waals surface area contributed by atoms with E-state index >= 15 is 0 Å². The maximum atomic E-state index is 12.3. The molecular weight excluding hydrogens is 336 g/mol. The van der Waals surface area contributed by atoms with Gasteiger partial charge in [0.1, 0.15) is 11.8 Å². The van der Waals surface area contributed by atoms with Crippen LogP contribution in [0.4, 0.5) is 0 Å². The maximum absolute atomic E-state index is 12.3. The molecule has 1 atom stereocenters. The third-order valence-corrected chi connectivity index (χ3v) is 4.55. The van der Waals surface area contributed by atoms with Crippen LogP contribution in [0.25, 0.3) is 0 Å². The van der Waals surface area contributed by atoms with Gasteiger partial charge in [-0.3, -0.25) is 9.59 Å². The van der Waals surface area contributed by atoms with Crippen molar-refractivity contribution in [3.05, 3.63) is 30.3 Å². The molecule has 142 valence electrons. The van der Waals surface area contributed by atoms with Crippen LogP contribution in [0.1, 0.15) is 26.7 Å². The molecule has 1 aliphatic rings. The highest BCUT2D eigenvalue weighted by Crippen LogP contribution is 2.19. The largest absolute Gasteiger partial charge is 0.484 e. The predicted molar refractivity (Wildman–Crippen MR) is 95.6 cm³/mol. The summed E-state index contributed by atoms with van der Waals surface area (Å²) in [6, 6.07) is 8.24. The Labute approximate surface area is 153 Å². The lowest BCUT2D eigenvalue weighted by Crippen LogP contribution is -2.49. The number of aliphatic carboxylic acids is 1. The molecular formula is C19H26N2O5. The van der Waals surface area contributed by atoms with Gasteiger partial charge in [-0.25, -0.2) is 4.79 Å². The molecule has 0 spiro atoms. The molecule has 0 bridgehead atoms. The van der Waals surface area contributed by atoms with E-state index in [0.717, 1.165) is 0 Å². The third kappa shape index (κ3) is 5.47. The molecule has 1 saturated heterocycles. The van der Waals surface area contributed by atoms with Crippen LogP contribution in [0.2, 0.25) is 0 Å². The van der Waals surface area contributed by atoms with Crippen molar-refractivity contribution in [3.63, 3.8) is 0 Å². The van der Waals surface area contributed by atoms with E-state index in [2.05, 4.69) is 5.32 Å². The fraction of sp³-hybridized carbons (Fsp3) is 0.526. The van der Waals surface area contributed by atoms with Gasteiger partial charge in [0.05, 0.1) is 0 Å². The number of hydrogen-bond donors (Lipinski definition) is 2. The van der Waals surface area contributed by atoms with Crippen molar-refractivity contribution in [1.82, 2.24) is 10.2 Å². The number of carbonyl (C=O) groups is 3. The minimum atomic E-state index is -1.03. The van der Waals surface area contributed by atoms with Gasteiger partial charge in [-0.2, -0.15) is 0 Å². The molecule has 1 aromatic carbocycles. The highest BCUT2D eigenvalue weighted by molar-refractivity contribution is 5.85. The number of ether oxygens (including phenoxy) is 1. The monoisotopic (exact) mass is 362 g/mol. The summed E-state index contributed by atoms with van der Waals surface area (Å²) in [4.78, 5) is 37.4. The fourth-order valence-electron chi connectivity index (χ4n) is 2.93. The molecule has 2 N–H and O–H groups in total. The van der Waals surface area contributed by atoms with Gasteiger partial charge >= 0.3 is 5.97 Å². The van der Waals surface area contributed by atoms with Crippen molar-refractivity contribution in [2.24, 2.45) is 11.8 Å². The number of piperidine rings is 1. The second-order valence-corrected chi connectivity index (χ2v) is 6.83. The summed E-state index contributed by atoms with van der Waals surface area (Å²) in [6.07, 6.45) is 1.04. The Kier molecular flexibility index (Phi) is 7.00. The van der Waals surface area contributed by atoms with E-state index in [4.69, 9.17) is 4.74 Å². The van der Waals surface area contributed by atoms with Crippen molar-refractivity contribution in [3.8, 4) is 5.75 Å². The van der Waals surface area contributed by atoms with E-state index in [-0.39, 0.29) is 30.3 Å². The van der Waals surface area contributed by atoms with Gasteiger partial charge in [-0.05, 0) is 30.9 Å². The highest BCUT2D eigenvalue weighted by Gasteiger charge is 2.31. The molecule has 1 aliphatic heterocycles. The van der Waals surface area contributed by atoms with Gasteiger partial charge in [0.15, 0.2) is 6.61 Å². The number of carboxylic acids is 1. The Morgan fingerprint density at radius 3 is 2.35 bits per heavy atom. The molecule has 26 heavy (non-hydrogen) atoms. The van der Waals surface area contributed by atoms with Crippen LogP contribution in [0.5, 0.6) is 5.75 Å². The number of hydrogen-bond acceptors (Lipinski definition) is 4. The number of rotatable bonds is 7. The first-order valence-electron chi connectivity index (χ1n) is 8.87. The van der Waals surface area contributed by atoms with E-state index in [9.17, 15) is 19.5 Å². The van der Waals surface area contributed by atoms with Gasteiger partial charge in [-0.15, -0.1) is 0 Å². The second kappa shape index (κ2) is 9.22. The predicted octanol–water partition coefficient (Wildman–Crippen LogP) is 1.53. The Morgan fingerprint density at radius 1 is 1.19 bits per heavy atom. The molecule has 1 aromatic rings. The second-order valence-electron chi connectivity index (χ2n) is 6.83. The number of nitrogens with one attached hydrogen (secondary N) is 1. The molecule has 0 saturated carbocycles. The molecule has 1 heterocycles. The first-order chi connectivity index (χ1) is 12.4. The van der Waals surface area contributed by atoms with E-state index in [1.807, 2.05) is 18.2 Å². The third-order valence-electron chi connectivity index (χ3n) is 4.55. The molecule has 1 fully saturated rings. The molecule has 2 amide bonds. The quantitative estimate of drug-likeness (QED) is 0.767. The van der Waals surface area contributed by atoms with Crippen molar-refractivity contribution in [2.45, 2.75) is 32.7 Å². The number of para-hydroxylation sites is 1. The Hall–Kier alpha value is -2.57. The Balaban J connectivity index is 1.78. The normalized spacial score (nSPS) is 16.2. The minimum absolute atomic E-state index is 0.0324. The van der Waals surface area contributed by atoms with Crippen molar-refractivity contribution < 1.29 is 24.2 Å². The van der Waals surface area contributed by atoms with E-state index in [1.54, 1.807) is 30.9 Å². The number of likely N-dealkylation sites (tertiary alicyclic amines) is 1. The van der Waals surface area contributed by atoms with Gasteiger partial charge in [0.2, 0.25) is 5.91 Å². The highest BCUT2D eigenvalue weighted by atomic mass is 16.5.